The van der Waals surface area contributed by atoms with E-state index in [9.17, 15) is 4.79 Å². The molecule has 0 aliphatic rings. The molecule has 0 aliphatic carbocycles. The Labute approximate surface area is 112 Å². The molecule has 2 rings (SSSR count). The predicted molar refractivity (Wildman–Crippen MR) is 76.3 cm³/mol. The molecule has 2 aromatic rings. The summed E-state index contributed by atoms with van der Waals surface area (Å²) in [5.74, 6) is -0.0487. The van der Waals surface area contributed by atoms with Gasteiger partial charge in [0.15, 0.2) is 5.78 Å². The van der Waals surface area contributed by atoms with Gasteiger partial charge in [-0.15, -0.1) is 0 Å². The van der Waals surface area contributed by atoms with Crippen LogP contribution in [0.5, 0.6) is 0 Å². The Hall–Kier alpha value is -1.37. The van der Waals surface area contributed by atoms with Crippen LogP contribution in [0.4, 0.5) is 0 Å². The third-order valence-electron chi connectivity index (χ3n) is 2.50. The number of nitrogens with two attached hydrogens (primary N) is 1. The van der Waals surface area contributed by atoms with Crippen molar-refractivity contribution in [2.75, 3.05) is 0 Å². The summed E-state index contributed by atoms with van der Waals surface area (Å²) in [4.78, 5) is 19.0. The first-order valence-corrected chi connectivity index (χ1v) is 6.19. The summed E-state index contributed by atoms with van der Waals surface area (Å²) in [5.41, 5.74) is 9.35. The van der Waals surface area contributed by atoms with Crippen LogP contribution in [0.15, 0.2) is 24.2 Å². The number of nitrogens with one attached hydrogen (secondary N) is 1. The first-order valence-electron chi connectivity index (χ1n) is 5.11. The zero-order chi connectivity index (χ0) is 12.6. The van der Waals surface area contributed by atoms with Crippen LogP contribution in [-0.2, 0) is 4.79 Å². The number of nitrogens with zero attached hydrogens (tertiary/aromatic N) is 1. The highest BCUT2D eigenvalue weighted by Crippen LogP contribution is 2.23. The van der Waals surface area contributed by atoms with E-state index in [4.69, 9.17) is 5.73 Å². The van der Waals surface area contributed by atoms with Crippen molar-refractivity contribution in [3.05, 3.63) is 33.3 Å². The number of pyridine rings is 1. The quantitative estimate of drug-likeness (QED) is 0.651. The zero-order valence-corrected chi connectivity index (χ0v) is 11.7. The summed E-state index contributed by atoms with van der Waals surface area (Å²) in [7, 11) is 0. The van der Waals surface area contributed by atoms with Gasteiger partial charge in [0.05, 0.1) is 9.09 Å². The second-order valence-electron chi connectivity index (χ2n) is 3.87. The Morgan fingerprint density at radius 3 is 2.76 bits per heavy atom. The Bertz CT molecular complexity index is 624. The first kappa shape index (κ1) is 12.1. The molecule has 0 spiro atoms. The minimum Gasteiger partial charge on any atom is -0.402 e. The van der Waals surface area contributed by atoms with Crippen LogP contribution in [0.2, 0.25) is 0 Å². The average molecular weight is 341 g/mol. The minimum absolute atomic E-state index is 0.0487. The van der Waals surface area contributed by atoms with Gasteiger partial charge in [-0.25, -0.2) is 0 Å². The fraction of sp³-hybridized carbons (Fsp3) is 0.167. The van der Waals surface area contributed by atoms with E-state index in [1.54, 1.807) is 13.1 Å². The van der Waals surface area contributed by atoms with Crippen LogP contribution in [0.1, 0.15) is 19.4 Å². The summed E-state index contributed by atoms with van der Waals surface area (Å²) in [6.07, 6.45) is 3.57. The third-order valence-corrected chi connectivity index (χ3v) is 3.33. The van der Waals surface area contributed by atoms with Crippen LogP contribution < -0.4 is 5.73 Å². The highest BCUT2D eigenvalue weighted by atomic mass is 127. The number of allylic oxidation sites excluding steroid dienone is 2. The molecule has 0 radical (unpaired) electrons. The van der Waals surface area contributed by atoms with Crippen molar-refractivity contribution in [2.45, 2.75) is 13.8 Å². The number of carbonyl (C=O) groups excluding carboxylic acids is 1. The number of fused-ring (bicyclic) bond motifs is 1. The van der Waals surface area contributed by atoms with E-state index >= 15 is 0 Å². The lowest BCUT2D eigenvalue weighted by Gasteiger charge is -2.06. The van der Waals surface area contributed by atoms with Gasteiger partial charge in [0.1, 0.15) is 5.52 Å². The number of hydrogen-bond donors (Lipinski definition) is 2. The molecule has 0 saturated carbocycles. The van der Waals surface area contributed by atoms with Crippen molar-refractivity contribution in [3.63, 3.8) is 0 Å². The van der Waals surface area contributed by atoms with Gasteiger partial charge in [-0.3, -0.25) is 9.78 Å². The molecule has 0 unspecified atom stereocenters. The van der Waals surface area contributed by atoms with E-state index in [2.05, 4.69) is 32.6 Å². The lowest BCUT2D eigenvalue weighted by molar-refractivity contribution is -0.111. The summed E-state index contributed by atoms with van der Waals surface area (Å²) >= 11 is 2.21. The van der Waals surface area contributed by atoms with Crippen molar-refractivity contribution in [1.29, 1.82) is 0 Å². The summed E-state index contributed by atoms with van der Waals surface area (Å²) in [5, 5.41) is 0. The Balaban J connectivity index is 2.64. The lowest BCUT2D eigenvalue weighted by atomic mass is 10.0. The predicted octanol–water partition coefficient (Wildman–Crippen LogP) is 2.45. The number of Topliss-reactive ketones (excluding diaryl/α,β-unsaturated/α-hetero) is 1. The number of rotatable bonds is 2. The number of carbonyl (C=O) groups is 1. The van der Waals surface area contributed by atoms with Gasteiger partial charge in [-0.2, -0.15) is 0 Å². The molecule has 17 heavy (non-hydrogen) atoms. The van der Waals surface area contributed by atoms with Gasteiger partial charge in [-0.05, 0) is 42.5 Å². The molecule has 0 bridgehead atoms. The van der Waals surface area contributed by atoms with Crippen molar-refractivity contribution in [1.82, 2.24) is 9.97 Å². The molecule has 2 aromatic heterocycles. The van der Waals surface area contributed by atoms with Crippen LogP contribution in [0, 0.1) is 3.57 Å². The maximum atomic E-state index is 11.5. The summed E-state index contributed by atoms with van der Waals surface area (Å²) in [6.45, 7) is 3.23. The highest BCUT2D eigenvalue weighted by molar-refractivity contribution is 14.1. The molecule has 4 nitrogen and oxygen atoms in total. The van der Waals surface area contributed by atoms with Gasteiger partial charge >= 0.3 is 0 Å². The van der Waals surface area contributed by atoms with Crippen molar-refractivity contribution in [2.24, 2.45) is 5.73 Å². The maximum absolute atomic E-state index is 11.5. The molecule has 0 saturated heterocycles. The van der Waals surface area contributed by atoms with E-state index < -0.39 is 0 Å². The van der Waals surface area contributed by atoms with E-state index in [0.29, 0.717) is 11.3 Å². The number of aromatic amines is 1. The van der Waals surface area contributed by atoms with E-state index in [1.165, 1.54) is 6.92 Å². The smallest absolute Gasteiger partial charge is 0.162 e. The maximum Gasteiger partial charge on any atom is 0.162 e. The van der Waals surface area contributed by atoms with E-state index in [0.717, 1.165) is 20.2 Å². The zero-order valence-electron chi connectivity index (χ0n) is 9.54. The number of aromatic nitrogens is 2. The van der Waals surface area contributed by atoms with E-state index in [1.807, 2.05) is 12.3 Å². The third kappa shape index (κ3) is 2.19. The monoisotopic (exact) mass is 341 g/mol. The SMILES string of the molecule is CC(=O)C(=C(C)N)c1cnc2c(I)c[nH]c2c1. The van der Waals surface area contributed by atoms with Gasteiger partial charge in [0.25, 0.3) is 0 Å². The van der Waals surface area contributed by atoms with Gasteiger partial charge in [-0.1, -0.05) is 0 Å². The lowest BCUT2D eigenvalue weighted by Crippen LogP contribution is -2.05. The molecule has 0 aliphatic heterocycles. The highest BCUT2D eigenvalue weighted by Gasteiger charge is 2.12. The van der Waals surface area contributed by atoms with Crippen LogP contribution in [-0.4, -0.2) is 15.8 Å². The fourth-order valence-corrected chi connectivity index (χ4v) is 2.41. The number of H-pyrrole nitrogens is 1. The second kappa shape index (κ2) is 4.48. The van der Waals surface area contributed by atoms with Crippen LogP contribution >= 0.6 is 22.6 Å². The Morgan fingerprint density at radius 1 is 1.47 bits per heavy atom. The fourth-order valence-electron chi connectivity index (χ4n) is 1.82. The standard InChI is InChI=1S/C12H12IN3O/c1-6(14)11(7(2)17)8-3-10-12(16-4-8)9(13)5-15-10/h3-5,15H,14H2,1-2H3. The number of halogens is 1. The molecule has 88 valence electrons. The molecular formula is C12H12IN3O. The molecule has 5 heteroatoms. The summed E-state index contributed by atoms with van der Waals surface area (Å²) in [6, 6.07) is 1.90. The minimum atomic E-state index is -0.0487. The van der Waals surface area contributed by atoms with Crippen molar-refractivity contribution in [3.8, 4) is 0 Å². The van der Waals surface area contributed by atoms with Gasteiger partial charge < -0.3 is 10.7 Å². The van der Waals surface area contributed by atoms with Gasteiger partial charge in [0.2, 0.25) is 0 Å². The average Bonchev–Trinajstić information content (AvgIpc) is 2.59. The van der Waals surface area contributed by atoms with Crippen LogP contribution in [0.3, 0.4) is 0 Å². The van der Waals surface area contributed by atoms with Crippen molar-refractivity contribution >= 4 is 45.0 Å². The Morgan fingerprint density at radius 2 is 2.18 bits per heavy atom. The summed E-state index contributed by atoms with van der Waals surface area (Å²) < 4.78 is 1.06. The van der Waals surface area contributed by atoms with Crippen molar-refractivity contribution < 1.29 is 4.79 Å². The van der Waals surface area contributed by atoms with Gasteiger partial charge in [0, 0.05) is 29.2 Å². The number of hydrogen-bond acceptors (Lipinski definition) is 3. The molecule has 3 N–H and O–H groups in total. The molecule has 2 heterocycles. The van der Waals surface area contributed by atoms with Crippen LogP contribution in [0.25, 0.3) is 16.6 Å². The molecular weight excluding hydrogens is 329 g/mol. The number of ketones is 1. The normalized spacial score (nSPS) is 12.6. The molecule has 0 amide bonds. The van der Waals surface area contributed by atoms with E-state index in [-0.39, 0.29) is 5.78 Å². The molecule has 0 atom stereocenters. The molecule has 0 aromatic carbocycles. The first-order chi connectivity index (χ1) is 8.00. The Kier molecular flexibility index (Phi) is 3.19. The topological polar surface area (TPSA) is 71.8 Å². The largest absolute Gasteiger partial charge is 0.402 e. The molecule has 0 fully saturated rings. The second-order valence-corrected chi connectivity index (χ2v) is 5.03.